The number of likely N-dealkylation sites (tertiary alicyclic amines) is 1. The average molecular weight is 362 g/mol. The van der Waals surface area contributed by atoms with Crippen LogP contribution in [0, 0.1) is 0 Å². The van der Waals surface area contributed by atoms with Crippen LogP contribution in [0.3, 0.4) is 0 Å². The number of rotatable bonds is 4. The van der Waals surface area contributed by atoms with Crippen molar-refractivity contribution in [2.24, 2.45) is 0 Å². The molecular weight excluding hydrogens is 344 g/mol. The van der Waals surface area contributed by atoms with Gasteiger partial charge < -0.3 is 9.64 Å². The van der Waals surface area contributed by atoms with Crippen LogP contribution in [-0.4, -0.2) is 35.3 Å². The Hall–Kier alpha value is -1.17. The van der Waals surface area contributed by atoms with E-state index in [-0.39, 0.29) is 17.7 Å². The summed E-state index contributed by atoms with van der Waals surface area (Å²) in [5, 5.41) is 0.728. The van der Waals surface area contributed by atoms with E-state index in [9.17, 15) is 13.6 Å². The normalized spacial score (nSPS) is 19.4. The molecular formula is C15H18BrF2NO2. The van der Waals surface area contributed by atoms with E-state index in [4.69, 9.17) is 0 Å². The lowest BCUT2D eigenvalue weighted by atomic mass is 10.1. The van der Waals surface area contributed by atoms with Crippen LogP contribution in [-0.2, 0) is 0 Å². The van der Waals surface area contributed by atoms with Gasteiger partial charge in [-0.15, -0.1) is 0 Å². The number of hydrogen-bond donors (Lipinski definition) is 0. The fourth-order valence-corrected chi connectivity index (χ4v) is 3.25. The number of amides is 1. The Morgan fingerprint density at radius 2 is 2.19 bits per heavy atom. The minimum Gasteiger partial charge on any atom is -0.435 e. The topological polar surface area (TPSA) is 29.5 Å². The van der Waals surface area contributed by atoms with E-state index in [2.05, 4.69) is 20.7 Å². The Morgan fingerprint density at radius 3 is 2.90 bits per heavy atom. The van der Waals surface area contributed by atoms with Crippen LogP contribution < -0.4 is 4.74 Å². The van der Waals surface area contributed by atoms with Crippen molar-refractivity contribution in [1.82, 2.24) is 4.90 Å². The summed E-state index contributed by atoms with van der Waals surface area (Å²) in [6.07, 6.45) is 4.16. The SMILES string of the molecule is O=C(c1cccc(OC(F)F)c1)N1CCCCCC1CBr. The number of nitrogens with zero attached hydrogens (tertiary/aromatic N) is 1. The summed E-state index contributed by atoms with van der Waals surface area (Å²) in [5.41, 5.74) is 0.390. The molecule has 1 amide bonds. The van der Waals surface area contributed by atoms with Gasteiger partial charge >= 0.3 is 6.61 Å². The number of ether oxygens (including phenoxy) is 1. The monoisotopic (exact) mass is 361 g/mol. The summed E-state index contributed by atoms with van der Waals surface area (Å²) in [6, 6.07) is 6.15. The van der Waals surface area contributed by atoms with E-state index in [0.29, 0.717) is 12.1 Å². The molecule has 0 aromatic heterocycles. The van der Waals surface area contributed by atoms with Gasteiger partial charge in [-0.2, -0.15) is 8.78 Å². The van der Waals surface area contributed by atoms with Crippen molar-refractivity contribution in [1.29, 1.82) is 0 Å². The lowest BCUT2D eigenvalue weighted by Crippen LogP contribution is -2.41. The van der Waals surface area contributed by atoms with Crippen LogP contribution in [0.4, 0.5) is 8.78 Å². The summed E-state index contributed by atoms with van der Waals surface area (Å²) in [6.45, 7) is -2.18. The molecule has 0 saturated carbocycles. The van der Waals surface area contributed by atoms with Gasteiger partial charge in [0.05, 0.1) is 0 Å². The third-order valence-electron chi connectivity index (χ3n) is 3.62. The molecule has 0 spiro atoms. The summed E-state index contributed by atoms with van der Waals surface area (Å²) < 4.78 is 28.9. The highest BCUT2D eigenvalue weighted by Gasteiger charge is 2.25. The van der Waals surface area contributed by atoms with Gasteiger partial charge in [-0.3, -0.25) is 4.79 Å². The van der Waals surface area contributed by atoms with Gasteiger partial charge in [0.15, 0.2) is 0 Å². The molecule has 0 bridgehead atoms. The van der Waals surface area contributed by atoms with Crippen LogP contribution in [0.2, 0.25) is 0 Å². The van der Waals surface area contributed by atoms with Gasteiger partial charge in [0.1, 0.15) is 5.75 Å². The van der Waals surface area contributed by atoms with Gasteiger partial charge in [0, 0.05) is 23.5 Å². The van der Waals surface area contributed by atoms with E-state index >= 15 is 0 Å². The van der Waals surface area contributed by atoms with Crippen molar-refractivity contribution in [3.63, 3.8) is 0 Å². The van der Waals surface area contributed by atoms with E-state index < -0.39 is 6.61 Å². The van der Waals surface area contributed by atoms with Crippen LogP contribution in [0.1, 0.15) is 36.0 Å². The second-order valence-electron chi connectivity index (χ2n) is 5.06. The fourth-order valence-electron chi connectivity index (χ4n) is 2.58. The molecule has 1 aromatic rings. The number of benzene rings is 1. The van der Waals surface area contributed by atoms with Crippen molar-refractivity contribution in [2.75, 3.05) is 11.9 Å². The molecule has 1 saturated heterocycles. The molecule has 1 heterocycles. The first-order valence-corrected chi connectivity index (χ1v) is 8.16. The number of halogens is 3. The summed E-state index contributed by atoms with van der Waals surface area (Å²) in [4.78, 5) is 14.5. The highest BCUT2D eigenvalue weighted by molar-refractivity contribution is 9.09. The summed E-state index contributed by atoms with van der Waals surface area (Å²) in [7, 11) is 0. The van der Waals surface area contributed by atoms with E-state index in [1.165, 1.54) is 12.1 Å². The first kappa shape index (κ1) is 16.2. The first-order valence-electron chi connectivity index (χ1n) is 7.03. The number of alkyl halides is 3. The molecule has 21 heavy (non-hydrogen) atoms. The second-order valence-corrected chi connectivity index (χ2v) is 5.71. The van der Waals surface area contributed by atoms with Gasteiger partial charge in [-0.05, 0) is 31.0 Å². The molecule has 0 radical (unpaired) electrons. The Kier molecular flexibility index (Phi) is 5.96. The van der Waals surface area contributed by atoms with Crippen molar-refractivity contribution >= 4 is 21.8 Å². The van der Waals surface area contributed by atoms with Crippen molar-refractivity contribution in [3.8, 4) is 5.75 Å². The maximum atomic E-state index is 12.6. The number of carbonyl (C=O) groups excluding carboxylic acids is 1. The zero-order chi connectivity index (χ0) is 15.2. The highest BCUT2D eigenvalue weighted by Crippen LogP contribution is 2.23. The molecule has 1 aliphatic rings. The standard InChI is InChI=1S/C15H18BrF2NO2/c16-10-12-6-2-1-3-8-19(12)14(20)11-5-4-7-13(9-11)21-15(17)18/h4-5,7,9,12,15H,1-3,6,8,10H2. The molecule has 116 valence electrons. The summed E-state index contributed by atoms with van der Waals surface area (Å²) in [5.74, 6) is -0.109. The second kappa shape index (κ2) is 7.73. The molecule has 0 N–H and O–H groups in total. The van der Waals surface area contributed by atoms with Crippen LogP contribution in [0.15, 0.2) is 24.3 Å². The minimum atomic E-state index is -2.89. The Balaban J connectivity index is 2.17. The lowest BCUT2D eigenvalue weighted by molar-refractivity contribution is -0.0499. The number of hydrogen-bond acceptors (Lipinski definition) is 2. The highest BCUT2D eigenvalue weighted by atomic mass is 79.9. The maximum Gasteiger partial charge on any atom is 0.387 e. The van der Waals surface area contributed by atoms with Crippen molar-refractivity contribution in [2.45, 2.75) is 38.3 Å². The van der Waals surface area contributed by atoms with Crippen LogP contribution in [0.25, 0.3) is 0 Å². The Bertz CT molecular complexity index is 484. The molecule has 2 rings (SSSR count). The Labute approximate surface area is 131 Å². The predicted octanol–water partition coefficient (Wildman–Crippen LogP) is 4.07. The van der Waals surface area contributed by atoms with Crippen LogP contribution in [0.5, 0.6) is 5.75 Å². The maximum absolute atomic E-state index is 12.6. The molecule has 3 nitrogen and oxygen atoms in total. The van der Waals surface area contributed by atoms with Crippen LogP contribution >= 0.6 is 15.9 Å². The third kappa shape index (κ3) is 4.40. The molecule has 1 unspecified atom stereocenters. The lowest BCUT2D eigenvalue weighted by Gasteiger charge is -2.29. The van der Waals surface area contributed by atoms with Gasteiger partial charge in [0.25, 0.3) is 5.91 Å². The minimum absolute atomic E-state index is 0.0149. The molecule has 1 aliphatic heterocycles. The molecule has 0 aliphatic carbocycles. The quantitative estimate of drug-likeness (QED) is 0.756. The average Bonchev–Trinajstić information content (AvgIpc) is 2.71. The van der Waals surface area contributed by atoms with Crippen molar-refractivity contribution in [3.05, 3.63) is 29.8 Å². The molecule has 1 aromatic carbocycles. The zero-order valence-corrected chi connectivity index (χ0v) is 13.2. The third-order valence-corrected chi connectivity index (χ3v) is 4.37. The molecule has 1 atom stereocenters. The molecule has 6 heteroatoms. The van der Waals surface area contributed by atoms with Crippen molar-refractivity contribution < 1.29 is 18.3 Å². The summed E-state index contributed by atoms with van der Waals surface area (Å²) >= 11 is 3.46. The largest absolute Gasteiger partial charge is 0.435 e. The van der Waals surface area contributed by atoms with E-state index in [0.717, 1.165) is 31.0 Å². The molecule has 1 fully saturated rings. The van der Waals surface area contributed by atoms with E-state index in [1.54, 1.807) is 12.1 Å². The first-order chi connectivity index (χ1) is 10.1. The predicted molar refractivity (Wildman–Crippen MR) is 80.2 cm³/mol. The van der Waals surface area contributed by atoms with E-state index in [1.807, 2.05) is 4.90 Å². The smallest absolute Gasteiger partial charge is 0.387 e. The Morgan fingerprint density at radius 1 is 1.38 bits per heavy atom. The number of carbonyl (C=O) groups is 1. The fraction of sp³-hybridized carbons (Fsp3) is 0.533. The van der Waals surface area contributed by atoms with Gasteiger partial charge in [-0.1, -0.05) is 34.8 Å². The van der Waals surface area contributed by atoms with Gasteiger partial charge in [0.2, 0.25) is 0 Å². The van der Waals surface area contributed by atoms with Gasteiger partial charge in [-0.25, -0.2) is 0 Å². The zero-order valence-electron chi connectivity index (χ0n) is 11.6.